The standard InChI is InChI=1S/C16H20N6O2/c1-10-12(9-19-22(10)2)15-7-11(24-21-15)8-17-13-4-6-23-16(13)14-3-5-18-20-14/h3,5,7,9,13,16-17H,4,6,8H2,1-2H3,(H,18,20)/t13-,16-/m0/s1. The van der Waals surface area contributed by atoms with Gasteiger partial charge < -0.3 is 14.6 Å². The molecule has 2 atom stereocenters. The summed E-state index contributed by atoms with van der Waals surface area (Å²) in [6.07, 6.45) is 4.50. The van der Waals surface area contributed by atoms with Gasteiger partial charge in [-0.2, -0.15) is 10.2 Å². The van der Waals surface area contributed by atoms with E-state index in [1.54, 1.807) is 6.20 Å². The van der Waals surface area contributed by atoms with Gasteiger partial charge in [0.05, 0.1) is 18.4 Å². The van der Waals surface area contributed by atoms with E-state index in [1.165, 1.54) is 0 Å². The summed E-state index contributed by atoms with van der Waals surface area (Å²) < 4.78 is 13.1. The zero-order valence-corrected chi connectivity index (χ0v) is 13.7. The van der Waals surface area contributed by atoms with Crippen LogP contribution in [0.2, 0.25) is 0 Å². The number of hydrogen-bond donors (Lipinski definition) is 2. The topological polar surface area (TPSA) is 93.8 Å². The molecular weight excluding hydrogens is 308 g/mol. The molecule has 1 aliphatic rings. The minimum atomic E-state index is -0.00420. The molecule has 4 rings (SSSR count). The summed E-state index contributed by atoms with van der Waals surface area (Å²) in [6, 6.07) is 4.12. The molecule has 0 bridgehead atoms. The predicted molar refractivity (Wildman–Crippen MR) is 86.0 cm³/mol. The SMILES string of the molecule is Cc1c(-c2cc(CN[C@H]3CCO[C@@H]3c3ccn[nH]3)on2)cnn1C. The maximum absolute atomic E-state index is 5.80. The molecule has 2 N–H and O–H groups in total. The van der Waals surface area contributed by atoms with Crippen molar-refractivity contribution in [3.05, 3.63) is 41.7 Å². The Morgan fingerprint density at radius 2 is 2.38 bits per heavy atom. The van der Waals surface area contributed by atoms with Crippen LogP contribution in [-0.2, 0) is 18.3 Å². The molecule has 4 heterocycles. The number of nitrogens with zero attached hydrogens (tertiary/aromatic N) is 4. The predicted octanol–water partition coefficient (Wildman–Crippen LogP) is 1.73. The molecule has 0 spiro atoms. The van der Waals surface area contributed by atoms with Gasteiger partial charge in [0, 0.05) is 43.2 Å². The number of H-pyrrole nitrogens is 1. The lowest BCUT2D eigenvalue weighted by molar-refractivity contribution is 0.0945. The summed E-state index contributed by atoms with van der Waals surface area (Å²) in [6.45, 7) is 3.35. The summed E-state index contributed by atoms with van der Waals surface area (Å²) in [5.74, 6) is 0.795. The molecule has 1 fully saturated rings. The van der Waals surface area contributed by atoms with Gasteiger partial charge in [0.25, 0.3) is 0 Å². The highest BCUT2D eigenvalue weighted by molar-refractivity contribution is 5.60. The van der Waals surface area contributed by atoms with Gasteiger partial charge in [-0.3, -0.25) is 9.78 Å². The summed E-state index contributed by atoms with van der Waals surface area (Å²) >= 11 is 0. The van der Waals surface area contributed by atoms with E-state index < -0.39 is 0 Å². The summed E-state index contributed by atoms with van der Waals surface area (Å²) in [7, 11) is 1.91. The molecule has 3 aromatic rings. The van der Waals surface area contributed by atoms with Crippen molar-refractivity contribution in [3.8, 4) is 11.3 Å². The Labute approximate surface area is 139 Å². The zero-order chi connectivity index (χ0) is 16.5. The van der Waals surface area contributed by atoms with Crippen LogP contribution in [-0.4, -0.2) is 37.8 Å². The fourth-order valence-corrected chi connectivity index (χ4v) is 3.04. The van der Waals surface area contributed by atoms with Crippen molar-refractivity contribution in [1.82, 2.24) is 30.5 Å². The largest absolute Gasteiger partial charge is 0.370 e. The second-order valence-electron chi connectivity index (χ2n) is 6.03. The highest BCUT2D eigenvalue weighted by Crippen LogP contribution is 2.28. The number of aromatic amines is 1. The molecule has 8 heteroatoms. The average molecular weight is 328 g/mol. The Kier molecular flexibility index (Phi) is 3.91. The van der Waals surface area contributed by atoms with Gasteiger partial charge in [0.1, 0.15) is 11.8 Å². The number of aromatic nitrogens is 5. The Morgan fingerprint density at radius 3 is 3.12 bits per heavy atom. The van der Waals surface area contributed by atoms with Gasteiger partial charge in [-0.25, -0.2) is 0 Å². The van der Waals surface area contributed by atoms with E-state index in [4.69, 9.17) is 9.26 Å². The Hall–Kier alpha value is -2.45. The first kappa shape index (κ1) is 15.1. The highest BCUT2D eigenvalue weighted by atomic mass is 16.5. The third-order valence-corrected chi connectivity index (χ3v) is 4.53. The van der Waals surface area contributed by atoms with E-state index in [-0.39, 0.29) is 12.1 Å². The monoisotopic (exact) mass is 328 g/mol. The maximum atomic E-state index is 5.80. The van der Waals surface area contributed by atoms with Gasteiger partial charge in [-0.05, 0) is 19.4 Å². The van der Waals surface area contributed by atoms with Crippen LogP contribution >= 0.6 is 0 Å². The number of ether oxygens (including phenoxy) is 1. The van der Waals surface area contributed by atoms with Crippen LogP contribution in [0.15, 0.2) is 29.0 Å². The van der Waals surface area contributed by atoms with Crippen LogP contribution < -0.4 is 5.32 Å². The first-order chi connectivity index (χ1) is 11.7. The van der Waals surface area contributed by atoms with Crippen molar-refractivity contribution in [3.63, 3.8) is 0 Å². The van der Waals surface area contributed by atoms with E-state index in [0.29, 0.717) is 6.54 Å². The quantitative estimate of drug-likeness (QED) is 0.741. The average Bonchev–Trinajstić information content (AvgIpc) is 3.34. The van der Waals surface area contributed by atoms with Gasteiger partial charge in [0.15, 0.2) is 5.76 Å². The zero-order valence-electron chi connectivity index (χ0n) is 13.7. The second-order valence-corrected chi connectivity index (χ2v) is 6.03. The van der Waals surface area contributed by atoms with Crippen LogP contribution in [0.4, 0.5) is 0 Å². The van der Waals surface area contributed by atoms with E-state index in [9.17, 15) is 0 Å². The normalized spacial score (nSPS) is 20.8. The van der Waals surface area contributed by atoms with E-state index in [1.807, 2.05) is 37.0 Å². The van der Waals surface area contributed by atoms with Crippen LogP contribution in [0.25, 0.3) is 11.3 Å². The van der Waals surface area contributed by atoms with Gasteiger partial charge in [-0.15, -0.1) is 0 Å². The van der Waals surface area contributed by atoms with Crippen molar-refractivity contribution in [1.29, 1.82) is 0 Å². The lowest BCUT2D eigenvalue weighted by Gasteiger charge is -2.17. The fourth-order valence-electron chi connectivity index (χ4n) is 3.04. The molecule has 0 amide bonds. The van der Waals surface area contributed by atoms with Crippen LogP contribution in [0.3, 0.4) is 0 Å². The molecule has 0 aliphatic carbocycles. The minimum Gasteiger partial charge on any atom is -0.370 e. The minimum absolute atomic E-state index is 0.00420. The van der Waals surface area contributed by atoms with Gasteiger partial charge in [-0.1, -0.05) is 5.16 Å². The fraction of sp³-hybridized carbons (Fsp3) is 0.438. The van der Waals surface area contributed by atoms with Crippen LogP contribution in [0, 0.1) is 6.92 Å². The van der Waals surface area contributed by atoms with E-state index in [0.717, 1.165) is 41.4 Å². The second kappa shape index (κ2) is 6.21. The Morgan fingerprint density at radius 1 is 1.46 bits per heavy atom. The molecule has 1 aliphatic heterocycles. The molecule has 0 unspecified atom stereocenters. The van der Waals surface area contributed by atoms with Crippen molar-refractivity contribution >= 4 is 0 Å². The summed E-state index contributed by atoms with van der Waals surface area (Å²) in [4.78, 5) is 0. The Balaban J connectivity index is 1.42. The van der Waals surface area contributed by atoms with E-state index >= 15 is 0 Å². The van der Waals surface area contributed by atoms with Crippen LogP contribution in [0.5, 0.6) is 0 Å². The molecule has 8 nitrogen and oxygen atoms in total. The first-order valence-corrected chi connectivity index (χ1v) is 8.01. The molecular formula is C16H20N6O2. The molecule has 1 saturated heterocycles. The molecule has 24 heavy (non-hydrogen) atoms. The van der Waals surface area contributed by atoms with Crippen molar-refractivity contribution < 1.29 is 9.26 Å². The molecule has 126 valence electrons. The summed E-state index contributed by atoms with van der Waals surface area (Å²) in [5, 5.41) is 18.9. The molecule has 0 radical (unpaired) electrons. The van der Waals surface area contributed by atoms with E-state index in [2.05, 4.69) is 25.8 Å². The third kappa shape index (κ3) is 2.74. The number of hydrogen-bond acceptors (Lipinski definition) is 6. The lowest BCUT2D eigenvalue weighted by Crippen LogP contribution is -2.31. The number of aryl methyl sites for hydroxylation is 1. The highest BCUT2D eigenvalue weighted by Gasteiger charge is 2.30. The van der Waals surface area contributed by atoms with Crippen molar-refractivity contribution in [2.45, 2.75) is 32.0 Å². The Bertz CT molecular complexity index is 807. The van der Waals surface area contributed by atoms with Crippen molar-refractivity contribution in [2.24, 2.45) is 7.05 Å². The molecule has 0 saturated carbocycles. The smallest absolute Gasteiger partial charge is 0.151 e. The first-order valence-electron chi connectivity index (χ1n) is 8.01. The maximum Gasteiger partial charge on any atom is 0.151 e. The number of rotatable bonds is 5. The van der Waals surface area contributed by atoms with Gasteiger partial charge >= 0.3 is 0 Å². The third-order valence-electron chi connectivity index (χ3n) is 4.53. The lowest BCUT2D eigenvalue weighted by atomic mass is 10.1. The van der Waals surface area contributed by atoms with Gasteiger partial charge in [0.2, 0.25) is 0 Å². The molecule has 0 aromatic carbocycles. The molecule has 3 aromatic heterocycles. The van der Waals surface area contributed by atoms with Crippen LogP contribution in [0.1, 0.15) is 29.7 Å². The summed E-state index contributed by atoms with van der Waals surface area (Å²) in [5.41, 5.74) is 3.86. The van der Waals surface area contributed by atoms with Crippen molar-refractivity contribution in [2.75, 3.05) is 6.61 Å². The number of nitrogens with one attached hydrogen (secondary N) is 2.